The number of rotatable bonds is 5. The predicted octanol–water partition coefficient (Wildman–Crippen LogP) is 3.02. The SMILES string of the molecule is COCCCc1cccc2oc(C(=O)O)c(C)c12. The van der Waals surface area contributed by atoms with Crippen LogP contribution in [0.1, 0.15) is 28.1 Å². The van der Waals surface area contributed by atoms with Crippen molar-refractivity contribution >= 4 is 16.9 Å². The van der Waals surface area contributed by atoms with Crippen LogP contribution in [-0.2, 0) is 11.2 Å². The van der Waals surface area contributed by atoms with Crippen molar-refractivity contribution < 1.29 is 19.1 Å². The maximum Gasteiger partial charge on any atom is 0.372 e. The Kier molecular flexibility index (Phi) is 3.67. The molecule has 18 heavy (non-hydrogen) atoms. The van der Waals surface area contributed by atoms with Gasteiger partial charge in [0.1, 0.15) is 5.58 Å². The molecule has 96 valence electrons. The normalized spacial score (nSPS) is 11.0. The molecule has 0 unspecified atom stereocenters. The number of ether oxygens (including phenoxy) is 1. The highest BCUT2D eigenvalue weighted by Gasteiger charge is 2.18. The number of hydrogen-bond acceptors (Lipinski definition) is 3. The molecule has 1 aromatic carbocycles. The average Bonchev–Trinajstić information content (AvgIpc) is 2.68. The fourth-order valence-corrected chi connectivity index (χ4v) is 2.21. The van der Waals surface area contributed by atoms with Gasteiger partial charge in [-0.15, -0.1) is 0 Å². The number of carboxylic acids is 1. The molecule has 0 fully saturated rings. The summed E-state index contributed by atoms with van der Waals surface area (Å²) in [7, 11) is 1.67. The average molecular weight is 248 g/mol. The van der Waals surface area contributed by atoms with Gasteiger partial charge >= 0.3 is 5.97 Å². The van der Waals surface area contributed by atoms with Crippen LogP contribution >= 0.6 is 0 Å². The number of carboxylic acid groups (broad SMARTS) is 1. The summed E-state index contributed by atoms with van der Waals surface area (Å²) >= 11 is 0. The molecule has 1 N–H and O–H groups in total. The molecule has 4 nitrogen and oxygen atoms in total. The molecule has 0 bridgehead atoms. The van der Waals surface area contributed by atoms with E-state index in [-0.39, 0.29) is 5.76 Å². The molecule has 1 aromatic heterocycles. The third-order valence-corrected chi connectivity index (χ3v) is 3.03. The maximum atomic E-state index is 11.0. The van der Waals surface area contributed by atoms with E-state index in [1.54, 1.807) is 20.1 Å². The minimum atomic E-state index is -1.02. The number of hydrogen-bond donors (Lipinski definition) is 1. The van der Waals surface area contributed by atoms with E-state index in [1.165, 1.54) is 0 Å². The number of methoxy groups -OCH3 is 1. The Bertz CT molecular complexity index is 568. The van der Waals surface area contributed by atoms with E-state index in [2.05, 4.69) is 0 Å². The van der Waals surface area contributed by atoms with E-state index >= 15 is 0 Å². The van der Waals surface area contributed by atoms with Gasteiger partial charge < -0.3 is 14.3 Å². The van der Waals surface area contributed by atoms with Crippen molar-refractivity contribution in [3.63, 3.8) is 0 Å². The lowest BCUT2D eigenvalue weighted by molar-refractivity contribution is 0.0664. The summed E-state index contributed by atoms with van der Waals surface area (Å²) in [5.74, 6) is -0.990. The largest absolute Gasteiger partial charge is 0.475 e. The number of benzene rings is 1. The monoisotopic (exact) mass is 248 g/mol. The van der Waals surface area contributed by atoms with Crippen molar-refractivity contribution in [2.75, 3.05) is 13.7 Å². The fourth-order valence-electron chi connectivity index (χ4n) is 2.21. The van der Waals surface area contributed by atoms with Gasteiger partial charge in [0.05, 0.1) is 0 Å². The molecular formula is C14H16O4. The lowest BCUT2D eigenvalue weighted by Crippen LogP contribution is -1.96. The minimum Gasteiger partial charge on any atom is -0.475 e. The van der Waals surface area contributed by atoms with Crippen LogP contribution in [0.5, 0.6) is 0 Å². The second kappa shape index (κ2) is 5.23. The van der Waals surface area contributed by atoms with E-state index in [4.69, 9.17) is 14.3 Å². The van der Waals surface area contributed by atoms with Gasteiger partial charge in [-0.05, 0) is 31.4 Å². The van der Waals surface area contributed by atoms with Crippen LogP contribution in [0.15, 0.2) is 22.6 Å². The third-order valence-electron chi connectivity index (χ3n) is 3.03. The highest BCUT2D eigenvalue weighted by Crippen LogP contribution is 2.29. The van der Waals surface area contributed by atoms with Gasteiger partial charge in [0.25, 0.3) is 0 Å². The minimum absolute atomic E-state index is 0.0317. The van der Waals surface area contributed by atoms with Crippen LogP contribution in [0.25, 0.3) is 11.0 Å². The van der Waals surface area contributed by atoms with Crippen molar-refractivity contribution in [3.8, 4) is 0 Å². The molecule has 2 aromatic rings. The summed E-state index contributed by atoms with van der Waals surface area (Å²) in [5, 5.41) is 9.98. The summed E-state index contributed by atoms with van der Waals surface area (Å²) in [6.07, 6.45) is 1.76. The van der Waals surface area contributed by atoms with Crippen LogP contribution in [0.2, 0.25) is 0 Å². The second-order valence-corrected chi connectivity index (χ2v) is 4.25. The number of fused-ring (bicyclic) bond motifs is 1. The van der Waals surface area contributed by atoms with Crippen molar-refractivity contribution in [2.45, 2.75) is 19.8 Å². The first-order chi connectivity index (χ1) is 8.65. The number of carbonyl (C=O) groups is 1. The van der Waals surface area contributed by atoms with Crippen molar-refractivity contribution in [2.24, 2.45) is 0 Å². The van der Waals surface area contributed by atoms with Crippen LogP contribution in [0.3, 0.4) is 0 Å². The van der Waals surface area contributed by atoms with Gasteiger partial charge in [0, 0.05) is 24.7 Å². The highest BCUT2D eigenvalue weighted by atomic mass is 16.5. The lowest BCUT2D eigenvalue weighted by atomic mass is 10.0. The number of aryl methyl sites for hydroxylation is 2. The van der Waals surface area contributed by atoms with Crippen LogP contribution < -0.4 is 0 Å². The highest BCUT2D eigenvalue weighted by molar-refractivity contribution is 5.96. The molecule has 1 heterocycles. The molecular weight excluding hydrogens is 232 g/mol. The summed E-state index contributed by atoms with van der Waals surface area (Å²) in [4.78, 5) is 11.0. The zero-order chi connectivity index (χ0) is 13.1. The molecule has 0 amide bonds. The molecule has 0 saturated heterocycles. The summed E-state index contributed by atoms with van der Waals surface area (Å²) in [5.41, 5.74) is 2.45. The first kappa shape index (κ1) is 12.6. The van der Waals surface area contributed by atoms with Gasteiger partial charge in [0.2, 0.25) is 5.76 Å². The second-order valence-electron chi connectivity index (χ2n) is 4.25. The molecule has 0 aliphatic carbocycles. The maximum absolute atomic E-state index is 11.0. The molecule has 0 saturated carbocycles. The van der Waals surface area contributed by atoms with Crippen molar-refractivity contribution in [1.29, 1.82) is 0 Å². The molecule has 0 atom stereocenters. The Labute approximate surface area is 105 Å². The first-order valence-corrected chi connectivity index (χ1v) is 5.88. The van der Waals surface area contributed by atoms with E-state index in [0.29, 0.717) is 17.8 Å². The van der Waals surface area contributed by atoms with Gasteiger partial charge in [0.15, 0.2) is 0 Å². The Hall–Kier alpha value is -1.81. The van der Waals surface area contributed by atoms with Gasteiger partial charge in [-0.1, -0.05) is 12.1 Å². The van der Waals surface area contributed by atoms with Gasteiger partial charge in [-0.3, -0.25) is 0 Å². The molecule has 0 aliphatic rings. The quantitative estimate of drug-likeness (QED) is 0.826. The number of furan rings is 1. The lowest BCUT2D eigenvalue weighted by Gasteiger charge is -2.03. The zero-order valence-corrected chi connectivity index (χ0v) is 10.5. The first-order valence-electron chi connectivity index (χ1n) is 5.88. The topological polar surface area (TPSA) is 59.7 Å². The molecule has 4 heteroatoms. The third kappa shape index (κ3) is 2.24. The Morgan fingerprint density at radius 2 is 2.22 bits per heavy atom. The molecule has 0 radical (unpaired) electrons. The van der Waals surface area contributed by atoms with E-state index in [0.717, 1.165) is 23.8 Å². The van der Waals surface area contributed by atoms with Crippen molar-refractivity contribution in [1.82, 2.24) is 0 Å². The van der Waals surface area contributed by atoms with E-state index in [9.17, 15) is 4.79 Å². The summed E-state index contributed by atoms with van der Waals surface area (Å²) in [6.45, 7) is 2.48. The van der Waals surface area contributed by atoms with Crippen LogP contribution in [0.4, 0.5) is 0 Å². The van der Waals surface area contributed by atoms with Crippen LogP contribution in [-0.4, -0.2) is 24.8 Å². The Morgan fingerprint density at radius 1 is 1.44 bits per heavy atom. The number of aromatic carboxylic acids is 1. The summed E-state index contributed by atoms with van der Waals surface area (Å²) in [6, 6.07) is 5.69. The van der Waals surface area contributed by atoms with Crippen LogP contribution in [0, 0.1) is 6.92 Å². The fraction of sp³-hybridized carbons (Fsp3) is 0.357. The molecule has 0 aliphatic heterocycles. The zero-order valence-electron chi connectivity index (χ0n) is 10.5. The van der Waals surface area contributed by atoms with E-state index < -0.39 is 5.97 Å². The standard InChI is InChI=1S/C14H16O4/c1-9-12-10(6-4-8-17-2)5-3-7-11(12)18-13(9)14(15)16/h3,5,7H,4,6,8H2,1-2H3,(H,15,16). The smallest absolute Gasteiger partial charge is 0.372 e. The summed E-state index contributed by atoms with van der Waals surface area (Å²) < 4.78 is 10.4. The Balaban J connectivity index is 2.44. The Morgan fingerprint density at radius 3 is 2.89 bits per heavy atom. The molecule has 0 spiro atoms. The molecule has 2 rings (SSSR count). The van der Waals surface area contributed by atoms with E-state index in [1.807, 2.05) is 12.1 Å². The van der Waals surface area contributed by atoms with Gasteiger partial charge in [-0.2, -0.15) is 0 Å². The van der Waals surface area contributed by atoms with Crippen molar-refractivity contribution in [3.05, 3.63) is 35.1 Å². The van der Waals surface area contributed by atoms with Gasteiger partial charge in [-0.25, -0.2) is 4.79 Å². The predicted molar refractivity (Wildman–Crippen MR) is 68.1 cm³/mol.